The number of hydrogen-bond acceptors (Lipinski definition) is 5. The van der Waals surface area contributed by atoms with Gasteiger partial charge in [-0.05, 0) is 29.8 Å². The Bertz CT molecular complexity index is 621. The normalized spacial score (nSPS) is 12.0. The van der Waals surface area contributed by atoms with Gasteiger partial charge in [0.15, 0.2) is 0 Å². The first-order chi connectivity index (χ1) is 10.6. The molecule has 1 atom stereocenters. The van der Waals surface area contributed by atoms with Gasteiger partial charge in [-0.3, -0.25) is 4.79 Å². The van der Waals surface area contributed by atoms with E-state index in [4.69, 9.17) is 9.52 Å². The van der Waals surface area contributed by atoms with Crippen LogP contribution >= 0.6 is 23.1 Å². The highest BCUT2D eigenvalue weighted by molar-refractivity contribution is 7.98. The molecule has 0 bridgehead atoms. The number of furan rings is 1. The molecule has 1 amide bonds. The minimum atomic E-state index is -1.01. The number of hydrogen-bond donors (Lipinski definition) is 2. The Morgan fingerprint density at radius 3 is 2.86 bits per heavy atom. The fourth-order valence-electron chi connectivity index (χ4n) is 1.91. The number of rotatable bonds is 8. The highest BCUT2D eigenvalue weighted by Gasteiger charge is 2.19. The monoisotopic (exact) mass is 339 g/mol. The molecule has 0 saturated heterocycles. The van der Waals surface area contributed by atoms with E-state index in [0.29, 0.717) is 12.2 Å². The second kappa shape index (κ2) is 8.05. The summed E-state index contributed by atoms with van der Waals surface area (Å²) in [6.45, 7) is 0. The number of carbonyl (C=O) groups excluding carboxylic acids is 1. The maximum Gasteiger partial charge on any atom is 0.327 e. The number of aliphatic carboxylic acids is 1. The maximum absolute atomic E-state index is 11.8. The molecule has 0 fully saturated rings. The number of nitrogens with one attached hydrogen (secondary N) is 1. The van der Waals surface area contributed by atoms with Crippen LogP contribution in [0.25, 0.3) is 10.6 Å². The largest absolute Gasteiger partial charge is 0.480 e. The zero-order valence-corrected chi connectivity index (χ0v) is 13.7. The number of carbonyl (C=O) groups is 2. The molecule has 7 heteroatoms. The second-order valence-corrected chi connectivity index (χ2v) is 6.52. The number of carboxylic acids is 1. The summed E-state index contributed by atoms with van der Waals surface area (Å²) in [6.07, 6.45) is 2.45. The van der Waals surface area contributed by atoms with Crippen molar-refractivity contribution < 1.29 is 19.1 Å². The Kier molecular flexibility index (Phi) is 6.09. The molecule has 2 heterocycles. The molecular weight excluding hydrogens is 322 g/mol. The topological polar surface area (TPSA) is 79.5 Å². The van der Waals surface area contributed by atoms with Crippen molar-refractivity contribution in [1.29, 1.82) is 0 Å². The molecule has 118 valence electrons. The van der Waals surface area contributed by atoms with Gasteiger partial charge >= 0.3 is 5.97 Å². The average Bonchev–Trinajstić information content (AvgIpc) is 3.15. The van der Waals surface area contributed by atoms with Crippen LogP contribution in [0, 0.1) is 0 Å². The first kappa shape index (κ1) is 16.6. The molecule has 0 saturated carbocycles. The van der Waals surface area contributed by atoms with Crippen molar-refractivity contribution in [2.45, 2.75) is 18.9 Å². The minimum Gasteiger partial charge on any atom is -0.480 e. The molecular formula is C15H17NO4S2. The lowest BCUT2D eigenvalue weighted by molar-refractivity contribution is -0.141. The smallest absolute Gasteiger partial charge is 0.327 e. The lowest BCUT2D eigenvalue weighted by Gasteiger charge is -2.12. The Morgan fingerprint density at radius 1 is 1.41 bits per heavy atom. The van der Waals surface area contributed by atoms with Gasteiger partial charge in [-0.15, -0.1) is 11.3 Å². The van der Waals surface area contributed by atoms with Crippen molar-refractivity contribution in [3.8, 4) is 10.6 Å². The third kappa shape index (κ3) is 4.64. The van der Waals surface area contributed by atoms with Crippen LogP contribution in [0.4, 0.5) is 0 Å². The predicted molar refractivity (Wildman–Crippen MR) is 88.3 cm³/mol. The number of thiophene rings is 1. The molecule has 0 unspecified atom stereocenters. The summed E-state index contributed by atoms with van der Waals surface area (Å²) in [7, 11) is 0. The third-order valence-corrected chi connectivity index (χ3v) is 4.54. The van der Waals surface area contributed by atoms with Crippen molar-refractivity contribution >= 4 is 35.0 Å². The van der Waals surface area contributed by atoms with Crippen molar-refractivity contribution in [3.05, 3.63) is 35.4 Å². The van der Waals surface area contributed by atoms with E-state index in [1.807, 2.05) is 29.6 Å². The molecule has 0 aliphatic rings. The molecule has 0 spiro atoms. The number of thioether (sulfide) groups is 1. The van der Waals surface area contributed by atoms with E-state index in [-0.39, 0.29) is 12.3 Å². The van der Waals surface area contributed by atoms with E-state index >= 15 is 0 Å². The highest BCUT2D eigenvalue weighted by atomic mass is 32.2. The van der Waals surface area contributed by atoms with Crippen LogP contribution in [-0.2, 0) is 16.0 Å². The molecule has 0 aliphatic heterocycles. The van der Waals surface area contributed by atoms with Gasteiger partial charge in [-0.25, -0.2) is 4.79 Å². The standard InChI is InChI=1S/C15H17NO4S2/c1-21-9-11(15(18)19)16-14(17)7-5-10-4-6-12(20-10)13-3-2-8-22-13/h2-4,6,8,11H,5,7,9H2,1H3,(H,16,17)(H,18,19)/t11-/m0/s1. The molecule has 0 aliphatic carbocycles. The van der Waals surface area contributed by atoms with E-state index in [9.17, 15) is 9.59 Å². The van der Waals surface area contributed by atoms with Crippen molar-refractivity contribution in [2.24, 2.45) is 0 Å². The molecule has 5 nitrogen and oxygen atoms in total. The van der Waals surface area contributed by atoms with Gasteiger partial charge in [0.25, 0.3) is 0 Å². The second-order valence-electron chi connectivity index (χ2n) is 4.66. The van der Waals surface area contributed by atoms with Crippen molar-refractivity contribution in [1.82, 2.24) is 5.32 Å². The van der Waals surface area contributed by atoms with Gasteiger partial charge in [-0.1, -0.05) is 6.07 Å². The Hall–Kier alpha value is -1.73. The first-order valence-corrected chi connectivity index (χ1v) is 9.01. The zero-order chi connectivity index (χ0) is 15.9. The van der Waals surface area contributed by atoms with Gasteiger partial charge in [-0.2, -0.15) is 11.8 Å². The van der Waals surface area contributed by atoms with Crippen LogP contribution in [0.5, 0.6) is 0 Å². The van der Waals surface area contributed by atoms with Gasteiger partial charge in [0, 0.05) is 18.6 Å². The minimum absolute atomic E-state index is 0.204. The molecule has 2 rings (SSSR count). The van der Waals surface area contributed by atoms with E-state index in [1.54, 1.807) is 17.6 Å². The van der Waals surface area contributed by atoms with E-state index in [0.717, 1.165) is 16.4 Å². The summed E-state index contributed by atoms with van der Waals surface area (Å²) in [4.78, 5) is 23.8. The third-order valence-electron chi connectivity index (χ3n) is 2.99. The van der Waals surface area contributed by atoms with E-state index < -0.39 is 12.0 Å². The predicted octanol–water partition coefficient (Wildman–Crippen LogP) is 2.87. The Balaban J connectivity index is 1.85. The lowest BCUT2D eigenvalue weighted by atomic mass is 10.2. The molecule has 0 radical (unpaired) electrons. The van der Waals surface area contributed by atoms with Crippen LogP contribution in [0.3, 0.4) is 0 Å². The molecule has 2 aromatic rings. The number of aryl methyl sites for hydroxylation is 1. The van der Waals surface area contributed by atoms with Gasteiger partial charge in [0.05, 0.1) is 4.88 Å². The fourth-order valence-corrected chi connectivity index (χ4v) is 3.15. The summed E-state index contributed by atoms with van der Waals surface area (Å²) in [5.74, 6) is 0.562. The zero-order valence-electron chi connectivity index (χ0n) is 12.1. The molecule has 2 N–H and O–H groups in total. The Morgan fingerprint density at radius 2 is 2.23 bits per heavy atom. The molecule has 2 aromatic heterocycles. The number of amides is 1. The summed E-state index contributed by atoms with van der Waals surface area (Å²) < 4.78 is 5.69. The van der Waals surface area contributed by atoms with E-state index in [1.165, 1.54) is 11.8 Å². The van der Waals surface area contributed by atoms with Crippen molar-refractivity contribution in [2.75, 3.05) is 12.0 Å². The Labute approximate surface area is 136 Å². The average molecular weight is 339 g/mol. The molecule has 22 heavy (non-hydrogen) atoms. The van der Waals surface area contributed by atoms with Crippen LogP contribution < -0.4 is 5.32 Å². The van der Waals surface area contributed by atoms with Gasteiger partial charge in [0.2, 0.25) is 5.91 Å². The molecule has 0 aromatic carbocycles. The van der Waals surface area contributed by atoms with Crippen LogP contribution in [0.2, 0.25) is 0 Å². The van der Waals surface area contributed by atoms with Gasteiger partial charge < -0.3 is 14.8 Å². The van der Waals surface area contributed by atoms with E-state index in [2.05, 4.69) is 5.32 Å². The van der Waals surface area contributed by atoms with Gasteiger partial charge in [0.1, 0.15) is 17.6 Å². The fraction of sp³-hybridized carbons (Fsp3) is 0.333. The van der Waals surface area contributed by atoms with Crippen LogP contribution in [0.1, 0.15) is 12.2 Å². The quantitative estimate of drug-likeness (QED) is 0.773. The summed E-state index contributed by atoms with van der Waals surface area (Å²) in [6, 6.07) is 6.81. The maximum atomic E-state index is 11.8. The summed E-state index contributed by atoms with van der Waals surface area (Å²) >= 11 is 2.97. The van der Waals surface area contributed by atoms with Crippen LogP contribution in [0.15, 0.2) is 34.1 Å². The SMILES string of the molecule is CSC[C@H](NC(=O)CCc1ccc(-c2cccs2)o1)C(=O)O. The lowest BCUT2D eigenvalue weighted by Crippen LogP contribution is -2.42. The number of carboxylic acid groups (broad SMARTS) is 1. The summed E-state index contributed by atoms with van der Waals surface area (Å²) in [5, 5.41) is 13.5. The van der Waals surface area contributed by atoms with Crippen LogP contribution in [-0.4, -0.2) is 35.0 Å². The van der Waals surface area contributed by atoms with Crippen molar-refractivity contribution in [3.63, 3.8) is 0 Å². The highest BCUT2D eigenvalue weighted by Crippen LogP contribution is 2.26. The first-order valence-electron chi connectivity index (χ1n) is 6.74. The summed E-state index contributed by atoms with van der Waals surface area (Å²) in [5.41, 5.74) is 0.